The van der Waals surface area contributed by atoms with E-state index in [1.165, 1.54) is 6.21 Å². The van der Waals surface area contributed by atoms with Crippen LogP contribution in [0.4, 0.5) is 5.69 Å². The maximum Gasteiger partial charge on any atom is 0.127 e. The summed E-state index contributed by atoms with van der Waals surface area (Å²) in [5, 5.41) is 16.3. The molecule has 0 aliphatic rings. The maximum atomic E-state index is 8.73. The number of methoxy groups -OCH3 is 1. The van der Waals surface area contributed by atoms with Crippen LogP contribution in [0.5, 0.6) is 5.75 Å². The highest BCUT2D eigenvalue weighted by molar-refractivity contribution is 5.90. The Balaban J connectivity index is 1.63. The molecule has 26 heavy (non-hydrogen) atoms. The van der Waals surface area contributed by atoms with Crippen molar-refractivity contribution in [2.45, 2.75) is 6.42 Å². The quantitative estimate of drug-likeness (QED) is 0.242. The van der Waals surface area contributed by atoms with Crippen LogP contribution >= 0.6 is 0 Å². The van der Waals surface area contributed by atoms with Crippen molar-refractivity contribution in [3.8, 4) is 17.6 Å². The summed E-state index contributed by atoms with van der Waals surface area (Å²) in [7, 11) is 1.57. The highest BCUT2D eigenvalue weighted by Crippen LogP contribution is 2.20. The number of pyridine rings is 1. The largest absolute Gasteiger partial charge is 0.496 e. The van der Waals surface area contributed by atoms with Crippen LogP contribution in [-0.4, -0.2) is 30.1 Å². The molecule has 0 radical (unpaired) electrons. The van der Waals surface area contributed by atoms with Crippen LogP contribution in [0.15, 0.2) is 59.9 Å². The fraction of sp³-hybridized carbons (Fsp3) is 0.143. The first-order valence-electron chi connectivity index (χ1n) is 8.24. The predicted molar refractivity (Wildman–Crippen MR) is 104 cm³/mol. The Hall–Kier alpha value is -3.52. The number of aromatic nitrogens is 1. The third-order valence-electron chi connectivity index (χ3n) is 3.87. The van der Waals surface area contributed by atoms with E-state index in [-0.39, 0.29) is 0 Å². The molecular weight excluding hydrogens is 326 g/mol. The average molecular weight is 345 g/mol. The van der Waals surface area contributed by atoms with E-state index in [1.807, 2.05) is 42.5 Å². The van der Waals surface area contributed by atoms with Crippen LogP contribution in [0.25, 0.3) is 10.9 Å². The number of benzene rings is 2. The molecule has 0 unspecified atom stereocenters. The van der Waals surface area contributed by atoms with E-state index in [0.29, 0.717) is 17.7 Å². The summed E-state index contributed by atoms with van der Waals surface area (Å²) in [4.78, 5) is 4.36. The van der Waals surface area contributed by atoms with Crippen molar-refractivity contribution in [1.82, 2.24) is 4.98 Å². The number of nitrogens with one attached hydrogen (secondary N) is 1. The van der Waals surface area contributed by atoms with Gasteiger partial charge in [0.05, 0.1) is 18.8 Å². The van der Waals surface area contributed by atoms with Crippen molar-refractivity contribution >= 4 is 22.8 Å². The number of hydrogen-bond acceptors (Lipinski definition) is 5. The molecule has 0 saturated heterocycles. The zero-order chi connectivity index (χ0) is 18.2. The third kappa shape index (κ3) is 4.11. The van der Waals surface area contributed by atoms with Crippen molar-refractivity contribution in [3.05, 3.63) is 65.9 Å². The average Bonchev–Trinajstić information content (AvgIpc) is 2.68. The number of hydrogen-bond donors (Lipinski definition) is 2. The molecule has 3 aromatic rings. The van der Waals surface area contributed by atoms with Gasteiger partial charge in [0, 0.05) is 41.4 Å². The van der Waals surface area contributed by atoms with Gasteiger partial charge in [-0.3, -0.25) is 4.98 Å². The molecule has 1 aromatic heterocycles. The maximum absolute atomic E-state index is 8.73. The number of nitrogens with zero attached hydrogens (tertiary/aromatic N) is 2. The van der Waals surface area contributed by atoms with Crippen LogP contribution in [0.3, 0.4) is 0 Å². The molecule has 0 bridgehead atoms. The van der Waals surface area contributed by atoms with E-state index >= 15 is 0 Å². The molecule has 0 spiro atoms. The summed E-state index contributed by atoms with van der Waals surface area (Å²) in [6.45, 7) is 0.738. The summed E-state index contributed by atoms with van der Waals surface area (Å²) < 4.78 is 5.21. The van der Waals surface area contributed by atoms with Gasteiger partial charge in [-0.2, -0.15) is 0 Å². The van der Waals surface area contributed by atoms with Crippen molar-refractivity contribution in [1.29, 1.82) is 0 Å². The van der Waals surface area contributed by atoms with Gasteiger partial charge in [-0.05, 0) is 30.3 Å². The van der Waals surface area contributed by atoms with Gasteiger partial charge >= 0.3 is 0 Å². The van der Waals surface area contributed by atoms with Crippen molar-refractivity contribution in [3.63, 3.8) is 0 Å². The lowest BCUT2D eigenvalue weighted by Gasteiger charge is -2.07. The second kappa shape index (κ2) is 8.54. The van der Waals surface area contributed by atoms with Gasteiger partial charge in [0.25, 0.3) is 0 Å². The van der Waals surface area contributed by atoms with Gasteiger partial charge in [0.15, 0.2) is 0 Å². The summed E-state index contributed by atoms with van der Waals surface area (Å²) in [5.74, 6) is 6.91. The van der Waals surface area contributed by atoms with Gasteiger partial charge < -0.3 is 15.3 Å². The second-order valence-corrected chi connectivity index (χ2v) is 5.56. The van der Waals surface area contributed by atoms with Gasteiger partial charge in [-0.25, -0.2) is 0 Å². The first-order valence-corrected chi connectivity index (χ1v) is 8.24. The normalized spacial score (nSPS) is 10.5. The molecular formula is C21H19N3O2. The molecule has 2 N–H and O–H groups in total. The highest BCUT2D eigenvalue weighted by atomic mass is 16.5. The smallest absolute Gasteiger partial charge is 0.127 e. The molecule has 0 saturated carbocycles. The van der Waals surface area contributed by atoms with Crippen molar-refractivity contribution in [2.24, 2.45) is 5.16 Å². The third-order valence-corrected chi connectivity index (χ3v) is 3.87. The Morgan fingerprint density at radius 1 is 1.23 bits per heavy atom. The minimum absolute atomic E-state index is 0.639. The van der Waals surface area contributed by atoms with Gasteiger partial charge in [0.2, 0.25) is 0 Å². The van der Waals surface area contributed by atoms with Crippen LogP contribution in [0, 0.1) is 11.8 Å². The van der Waals surface area contributed by atoms with E-state index < -0.39 is 0 Å². The fourth-order valence-corrected chi connectivity index (χ4v) is 2.65. The Morgan fingerprint density at radius 2 is 2.12 bits per heavy atom. The number of fused-ring (bicyclic) bond motifs is 1. The zero-order valence-electron chi connectivity index (χ0n) is 14.4. The van der Waals surface area contributed by atoms with E-state index in [1.54, 1.807) is 13.3 Å². The molecule has 0 amide bonds. The van der Waals surface area contributed by atoms with Gasteiger partial charge in [-0.1, -0.05) is 35.2 Å². The van der Waals surface area contributed by atoms with E-state index in [4.69, 9.17) is 9.94 Å². The number of anilines is 1. The Kier molecular flexibility index (Phi) is 5.69. The molecule has 0 aliphatic heterocycles. The molecule has 0 atom stereocenters. The van der Waals surface area contributed by atoms with E-state index in [0.717, 1.165) is 28.7 Å². The second-order valence-electron chi connectivity index (χ2n) is 5.56. The summed E-state index contributed by atoms with van der Waals surface area (Å²) in [6, 6.07) is 15.5. The minimum atomic E-state index is 0.639. The summed E-state index contributed by atoms with van der Waals surface area (Å²) >= 11 is 0. The van der Waals surface area contributed by atoms with Crippen LogP contribution in [-0.2, 0) is 0 Å². The minimum Gasteiger partial charge on any atom is -0.496 e. The SMILES string of the molecule is COc1ccc(C#CCCNc2ccnc3ccccc23)cc1/C=N\O. The fourth-order valence-electron chi connectivity index (χ4n) is 2.65. The Bertz CT molecular complexity index is 982. The monoisotopic (exact) mass is 345 g/mol. The van der Waals surface area contributed by atoms with Gasteiger partial charge in [0.1, 0.15) is 5.75 Å². The molecule has 130 valence electrons. The lowest BCUT2D eigenvalue weighted by molar-refractivity contribution is 0.321. The molecule has 5 nitrogen and oxygen atoms in total. The molecule has 1 heterocycles. The molecule has 5 heteroatoms. The van der Waals surface area contributed by atoms with Crippen LogP contribution < -0.4 is 10.1 Å². The standard InChI is InChI=1S/C21H19N3O2/c1-26-21-10-9-16(14-17(21)15-24-25)6-4-5-12-22-20-11-13-23-19-8-3-2-7-18(19)20/h2-3,7-11,13-15,25H,5,12H2,1H3,(H,22,23)/b24-15-. The van der Waals surface area contributed by atoms with Crippen LogP contribution in [0.2, 0.25) is 0 Å². The molecule has 3 rings (SSSR count). The Labute approximate surface area is 152 Å². The topological polar surface area (TPSA) is 66.7 Å². The van der Waals surface area contributed by atoms with Crippen molar-refractivity contribution < 1.29 is 9.94 Å². The summed E-state index contributed by atoms with van der Waals surface area (Å²) in [5.41, 5.74) is 3.56. The first-order chi connectivity index (χ1) is 12.8. The lowest BCUT2D eigenvalue weighted by Crippen LogP contribution is -2.01. The predicted octanol–water partition coefficient (Wildman–Crippen LogP) is 3.91. The first kappa shape index (κ1) is 17.3. The zero-order valence-corrected chi connectivity index (χ0v) is 14.4. The number of rotatable bonds is 5. The molecule has 2 aromatic carbocycles. The molecule has 0 fully saturated rings. The van der Waals surface area contributed by atoms with E-state index in [9.17, 15) is 0 Å². The van der Waals surface area contributed by atoms with Gasteiger partial charge in [-0.15, -0.1) is 0 Å². The van der Waals surface area contributed by atoms with Crippen LogP contribution in [0.1, 0.15) is 17.5 Å². The lowest BCUT2D eigenvalue weighted by atomic mass is 10.1. The van der Waals surface area contributed by atoms with Crippen molar-refractivity contribution in [2.75, 3.05) is 19.0 Å². The molecule has 0 aliphatic carbocycles. The number of ether oxygens (including phenoxy) is 1. The summed E-state index contributed by atoms with van der Waals surface area (Å²) in [6.07, 6.45) is 3.84. The van der Waals surface area contributed by atoms with E-state index in [2.05, 4.69) is 33.4 Å². The number of para-hydroxylation sites is 1. The number of oxime groups is 1. The highest BCUT2D eigenvalue weighted by Gasteiger charge is 2.01. The Morgan fingerprint density at radius 3 is 2.96 bits per heavy atom.